The van der Waals surface area contributed by atoms with Crippen LogP contribution in [0.3, 0.4) is 0 Å². The summed E-state index contributed by atoms with van der Waals surface area (Å²) in [4.78, 5) is 20.0. The summed E-state index contributed by atoms with van der Waals surface area (Å²) in [6.45, 7) is 5.99. The van der Waals surface area contributed by atoms with Crippen molar-refractivity contribution < 1.29 is 0 Å². The first-order valence-electron chi connectivity index (χ1n) is 8.04. The van der Waals surface area contributed by atoms with Gasteiger partial charge in [0, 0.05) is 34.7 Å². The van der Waals surface area contributed by atoms with E-state index in [1.54, 1.807) is 16.7 Å². The Kier molecular flexibility index (Phi) is 5.48. The molecule has 0 aliphatic heterocycles. The minimum atomic E-state index is -0.0127. The number of hydrogen-bond donors (Lipinski definition) is 0. The van der Waals surface area contributed by atoms with E-state index in [1.165, 1.54) is 16.9 Å². The van der Waals surface area contributed by atoms with Gasteiger partial charge in [-0.15, -0.1) is 11.3 Å². The highest BCUT2D eigenvalue weighted by molar-refractivity contribution is 9.10. The van der Waals surface area contributed by atoms with Crippen molar-refractivity contribution in [1.29, 1.82) is 0 Å². The number of nitrogens with zero attached hydrogens (tertiary/aromatic N) is 3. The zero-order valence-corrected chi connectivity index (χ0v) is 16.2. The molecule has 0 amide bonds. The van der Waals surface area contributed by atoms with Crippen molar-refractivity contribution in [3.63, 3.8) is 0 Å². The number of halogens is 1. The highest BCUT2D eigenvalue weighted by atomic mass is 79.9. The SMILES string of the molecule is CCCN(Cc1cc(=O)n2ccsc2n1)C(C)c1ccccc1Br. The lowest BCUT2D eigenvalue weighted by molar-refractivity contribution is 0.199. The summed E-state index contributed by atoms with van der Waals surface area (Å²) in [6.07, 6.45) is 2.82. The molecule has 1 aromatic carbocycles. The van der Waals surface area contributed by atoms with Gasteiger partial charge in [0.1, 0.15) is 0 Å². The number of aromatic nitrogens is 2. The lowest BCUT2D eigenvalue weighted by Crippen LogP contribution is -2.29. The van der Waals surface area contributed by atoms with Crippen LogP contribution in [0.4, 0.5) is 0 Å². The summed E-state index contributed by atoms with van der Waals surface area (Å²) >= 11 is 5.14. The normalized spacial score (nSPS) is 12.8. The second-order valence-corrected chi connectivity index (χ2v) is 7.54. The van der Waals surface area contributed by atoms with E-state index in [0.29, 0.717) is 6.54 Å². The maximum atomic E-state index is 12.2. The Bertz CT molecular complexity index is 889. The second kappa shape index (κ2) is 7.59. The molecule has 6 heteroatoms. The number of rotatable bonds is 6. The maximum Gasteiger partial charge on any atom is 0.258 e. The Labute approximate surface area is 153 Å². The van der Waals surface area contributed by atoms with Crippen molar-refractivity contribution in [3.05, 3.63) is 68.0 Å². The Hall–Kier alpha value is -1.50. The first-order chi connectivity index (χ1) is 11.6. The molecule has 1 unspecified atom stereocenters. The average Bonchev–Trinajstić information content (AvgIpc) is 3.03. The Balaban J connectivity index is 1.90. The standard InChI is InChI=1S/C18H20BrN3OS/c1-3-8-21(13(2)15-6-4-5-7-16(15)19)12-14-11-17(23)22-9-10-24-18(22)20-14/h4-7,9-11,13H,3,8,12H2,1-2H3. The number of benzene rings is 1. The van der Waals surface area contributed by atoms with Crippen LogP contribution in [0, 0.1) is 0 Å². The summed E-state index contributed by atoms with van der Waals surface area (Å²) in [5.74, 6) is 0. The largest absolute Gasteiger partial charge is 0.291 e. The average molecular weight is 406 g/mol. The molecule has 0 aliphatic carbocycles. The van der Waals surface area contributed by atoms with Gasteiger partial charge in [-0.2, -0.15) is 0 Å². The van der Waals surface area contributed by atoms with Gasteiger partial charge in [-0.3, -0.25) is 14.1 Å². The van der Waals surface area contributed by atoms with Gasteiger partial charge in [0.2, 0.25) is 0 Å². The molecule has 4 nitrogen and oxygen atoms in total. The van der Waals surface area contributed by atoms with Crippen LogP contribution in [0.2, 0.25) is 0 Å². The molecule has 0 saturated heterocycles. The summed E-state index contributed by atoms with van der Waals surface area (Å²) in [5, 5.41) is 1.89. The molecule has 0 aliphatic rings. The predicted molar refractivity (Wildman–Crippen MR) is 103 cm³/mol. The predicted octanol–water partition coefficient (Wildman–Crippen LogP) is 4.49. The van der Waals surface area contributed by atoms with Gasteiger partial charge in [0.05, 0.1) is 5.69 Å². The maximum absolute atomic E-state index is 12.2. The second-order valence-electron chi connectivity index (χ2n) is 5.81. The molecule has 0 fully saturated rings. The first-order valence-corrected chi connectivity index (χ1v) is 9.71. The first kappa shape index (κ1) is 17.3. The lowest BCUT2D eigenvalue weighted by atomic mass is 10.1. The van der Waals surface area contributed by atoms with E-state index in [0.717, 1.165) is 28.1 Å². The fraction of sp³-hybridized carbons (Fsp3) is 0.333. The molecule has 1 atom stereocenters. The van der Waals surface area contributed by atoms with Gasteiger partial charge in [-0.1, -0.05) is 41.1 Å². The molecule has 126 valence electrons. The molecule has 3 aromatic rings. The quantitative estimate of drug-likeness (QED) is 0.605. The molecule has 2 heterocycles. The van der Waals surface area contributed by atoms with Gasteiger partial charge >= 0.3 is 0 Å². The lowest BCUT2D eigenvalue weighted by Gasteiger charge is -2.29. The van der Waals surface area contributed by atoms with E-state index in [1.807, 2.05) is 11.4 Å². The van der Waals surface area contributed by atoms with Gasteiger partial charge in [0.25, 0.3) is 5.56 Å². The van der Waals surface area contributed by atoms with Crippen LogP contribution < -0.4 is 5.56 Å². The molecule has 2 aromatic heterocycles. The molecule has 0 N–H and O–H groups in total. The van der Waals surface area contributed by atoms with Crippen molar-refractivity contribution in [1.82, 2.24) is 14.3 Å². The van der Waals surface area contributed by atoms with Crippen molar-refractivity contribution in [3.8, 4) is 0 Å². The Morgan fingerprint density at radius 2 is 2.17 bits per heavy atom. The number of thiazole rings is 1. The van der Waals surface area contributed by atoms with Crippen LogP contribution in [0.5, 0.6) is 0 Å². The van der Waals surface area contributed by atoms with Crippen LogP contribution in [0.15, 0.2) is 51.2 Å². The zero-order chi connectivity index (χ0) is 17.1. The van der Waals surface area contributed by atoms with Crippen molar-refractivity contribution in [2.24, 2.45) is 0 Å². The highest BCUT2D eigenvalue weighted by Gasteiger charge is 2.18. The van der Waals surface area contributed by atoms with Crippen LogP contribution in [0.1, 0.15) is 37.6 Å². The van der Waals surface area contributed by atoms with Gasteiger partial charge in [-0.25, -0.2) is 4.98 Å². The number of fused-ring (bicyclic) bond motifs is 1. The summed E-state index contributed by atoms with van der Waals surface area (Å²) in [7, 11) is 0. The fourth-order valence-corrected chi connectivity index (χ4v) is 4.24. The highest BCUT2D eigenvalue weighted by Crippen LogP contribution is 2.28. The van der Waals surface area contributed by atoms with E-state index < -0.39 is 0 Å². The third-order valence-electron chi connectivity index (χ3n) is 4.14. The third kappa shape index (κ3) is 3.61. The molecule has 0 radical (unpaired) electrons. The molecule has 0 spiro atoms. The fourth-order valence-electron chi connectivity index (χ4n) is 2.88. The summed E-state index contributed by atoms with van der Waals surface area (Å²) < 4.78 is 2.70. The Morgan fingerprint density at radius 3 is 2.92 bits per heavy atom. The smallest absolute Gasteiger partial charge is 0.258 e. The minimum absolute atomic E-state index is 0.0127. The monoisotopic (exact) mass is 405 g/mol. The van der Waals surface area contributed by atoms with Gasteiger partial charge < -0.3 is 0 Å². The van der Waals surface area contributed by atoms with E-state index >= 15 is 0 Å². The van der Waals surface area contributed by atoms with E-state index in [2.05, 4.69) is 57.9 Å². The van der Waals surface area contributed by atoms with Gasteiger partial charge in [0.15, 0.2) is 4.96 Å². The molecule has 0 saturated carbocycles. The molecular formula is C18H20BrN3OS. The molecule has 3 rings (SSSR count). The minimum Gasteiger partial charge on any atom is -0.291 e. The van der Waals surface area contributed by atoms with Crippen LogP contribution in [-0.2, 0) is 6.54 Å². The van der Waals surface area contributed by atoms with E-state index in [4.69, 9.17) is 0 Å². The number of hydrogen-bond acceptors (Lipinski definition) is 4. The van der Waals surface area contributed by atoms with Crippen LogP contribution >= 0.6 is 27.3 Å². The van der Waals surface area contributed by atoms with Crippen LogP contribution in [-0.4, -0.2) is 20.8 Å². The molecule has 24 heavy (non-hydrogen) atoms. The molecular weight excluding hydrogens is 386 g/mol. The van der Waals surface area contributed by atoms with E-state index in [9.17, 15) is 4.79 Å². The van der Waals surface area contributed by atoms with Crippen molar-refractivity contribution in [2.45, 2.75) is 32.9 Å². The topological polar surface area (TPSA) is 37.6 Å². The summed E-state index contributed by atoms with van der Waals surface area (Å²) in [6, 6.07) is 10.2. The summed E-state index contributed by atoms with van der Waals surface area (Å²) in [5.41, 5.74) is 2.07. The van der Waals surface area contributed by atoms with Crippen molar-refractivity contribution >= 4 is 32.2 Å². The third-order valence-corrected chi connectivity index (χ3v) is 5.61. The zero-order valence-electron chi connectivity index (χ0n) is 13.8. The van der Waals surface area contributed by atoms with Crippen molar-refractivity contribution in [2.75, 3.05) is 6.54 Å². The molecule has 0 bridgehead atoms. The van der Waals surface area contributed by atoms with Gasteiger partial charge in [-0.05, 0) is 31.5 Å². The van der Waals surface area contributed by atoms with Crippen LogP contribution in [0.25, 0.3) is 4.96 Å². The Morgan fingerprint density at radius 1 is 1.38 bits per heavy atom. The van der Waals surface area contributed by atoms with E-state index in [-0.39, 0.29) is 11.6 Å².